The van der Waals surface area contributed by atoms with E-state index in [1.165, 1.54) is 56.1 Å². The predicted octanol–water partition coefficient (Wildman–Crippen LogP) is 4.39. The van der Waals surface area contributed by atoms with E-state index in [9.17, 15) is 10.2 Å². The largest absolute Gasteiger partial charge is 0.508 e. The van der Waals surface area contributed by atoms with Crippen LogP contribution in [0.1, 0.15) is 68.9 Å². The Morgan fingerprint density at radius 1 is 1.04 bits per heavy atom. The molecule has 0 aromatic heterocycles. The lowest BCUT2D eigenvalue weighted by molar-refractivity contribution is -0.223. The fourth-order valence-corrected chi connectivity index (χ4v) is 7.42. The minimum absolute atomic E-state index is 0.0767. The maximum absolute atomic E-state index is 11.0. The molecule has 2 nitrogen and oxygen atoms in total. The lowest BCUT2D eigenvalue weighted by Gasteiger charge is -2.69. The van der Waals surface area contributed by atoms with Crippen LogP contribution in [0.15, 0.2) is 18.2 Å². The third-order valence-electron chi connectivity index (χ3n) is 8.58. The third-order valence-corrected chi connectivity index (χ3v) is 8.58. The normalized spacial score (nSPS) is 47.6. The predicted molar refractivity (Wildman–Crippen MR) is 90.4 cm³/mol. The van der Waals surface area contributed by atoms with Gasteiger partial charge in [-0.2, -0.15) is 0 Å². The van der Waals surface area contributed by atoms with Crippen molar-refractivity contribution >= 4 is 0 Å². The zero-order valence-corrected chi connectivity index (χ0v) is 14.1. The molecule has 5 aliphatic carbocycles. The molecule has 23 heavy (non-hydrogen) atoms. The lowest BCUT2D eigenvalue weighted by atomic mass is 9.36. The average Bonchev–Trinajstić information content (AvgIpc) is 2.57. The van der Waals surface area contributed by atoms with Crippen LogP contribution in [0, 0.1) is 22.7 Å². The topological polar surface area (TPSA) is 40.5 Å². The van der Waals surface area contributed by atoms with Crippen molar-refractivity contribution in [3.63, 3.8) is 0 Å². The fourth-order valence-electron chi connectivity index (χ4n) is 7.42. The van der Waals surface area contributed by atoms with Crippen molar-refractivity contribution < 1.29 is 10.2 Å². The summed E-state index contributed by atoms with van der Waals surface area (Å²) >= 11 is 0. The number of hydrogen-bond donors (Lipinski definition) is 2. The second-order valence-electron chi connectivity index (χ2n) is 9.03. The summed E-state index contributed by atoms with van der Waals surface area (Å²) in [6, 6.07) is 6.05. The van der Waals surface area contributed by atoms with E-state index < -0.39 is 0 Å². The van der Waals surface area contributed by atoms with E-state index in [4.69, 9.17) is 0 Å². The number of phenols is 1. The molecular weight excluding hydrogens is 284 g/mol. The van der Waals surface area contributed by atoms with Gasteiger partial charge < -0.3 is 10.2 Å². The summed E-state index contributed by atoms with van der Waals surface area (Å²) in [6.07, 6.45) is 9.80. The molecule has 1 aromatic carbocycles. The highest BCUT2D eigenvalue weighted by Crippen LogP contribution is 2.72. The van der Waals surface area contributed by atoms with E-state index in [2.05, 4.69) is 13.0 Å². The van der Waals surface area contributed by atoms with Crippen LogP contribution in [0.5, 0.6) is 5.75 Å². The summed E-state index contributed by atoms with van der Waals surface area (Å²) in [5.74, 6) is 2.35. The molecule has 0 aliphatic heterocycles. The van der Waals surface area contributed by atoms with E-state index in [-0.39, 0.29) is 11.5 Å². The molecule has 4 fully saturated rings. The molecule has 2 N–H and O–H groups in total. The minimum atomic E-state index is -0.0767. The zero-order valence-electron chi connectivity index (χ0n) is 14.1. The molecule has 5 aliphatic rings. The molecule has 2 heteroatoms. The number of aromatic hydroxyl groups is 1. The maximum atomic E-state index is 11.0. The lowest BCUT2D eigenvalue weighted by Crippen LogP contribution is -2.64. The Morgan fingerprint density at radius 2 is 1.83 bits per heavy atom. The monoisotopic (exact) mass is 312 g/mol. The van der Waals surface area contributed by atoms with Gasteiger partial charge in [-0.3, -0.25) is 0 Å². The smallest absolute Gasteiger partial charge is 0.115 e. The van der Waals surface area contributed by atoms with Gasteiger partial charge in [0.15, 0.2) is 0 Å². The van der Waals surface area contributed by atoms with Gasteiger partial charge in [0, 0.05) is 0 Å². The van der Waals surface area contributed by atoms with Gasteiger partial charge in [-0.15, -0.1) is 0 Å². The molecule has 1 spiro atoms. The molecule has 0 radical (unpaired) electrons. The Kier molecular flexibility index (Phi) is 2.83. The SMILES string of the molecule is C[C@]12CC[C@@H]3c4ccc(O)cc4CC[C@H]3C13CCC(CC3)[C@H]2O. The van der Waals surface area contributed by atoms with Crippen molar-refractivity contribution in [2.75, 3.05) is 0 Å². The highest BCUT2D eigenvalue weighted by molar-refractivity contribution is 5.40. The molecular formula is C21H28O2. The average molecular weight is 312 g/mol. The summed E-state index contributed by atoms with van der Waals surface area (Å²) < 4.78 is 0. The molecule has 0 amide bonds. The molecule has 4 atom stereocenters. The summed E-state index contributed by atoms with van der Waals surface area (Å²) in [5, 5.41) is 20.9. The van der Waals surface area contributed by atoms with Crippen LogP contribution >= 0.6 is 0 Å². The van der Waals surface area contributed by atoms with Crippen molar-refractivity contribution in [1.29, 1.82) is 0 Å². The Balaban J connectivity index is 1.61. The van der Waals surface area contributed by atoms with Crippen molar-refractivity contribution in [1.82, 2.24) is 0 Å². The summed E-state index contributed by atoms with van der Waals surface area (Å²) in [6.45, 7) is 2.41. The fraction of sp³-hybridized carbons (Fsp3) is 0.714. The zero-order chi connectivity index (χ0) is 15.8. The third kappa shape index (κ3) is 1.64. The van der Waals surface area contributed by atoms with Gasteiger partial charge in [0.25, 0.3) is 0 Å². The Bertz CT molecular complexity index is 643. The molecule has 2 bridgehead atoms. The van der Waals surface area contributed by atoms with Crippen LogP contribution < -0.4 is 0 Å². The summed E-state index contributed by atoms with van der Waals surface area (Å²) in [5.41, 5.74) is 3.37. The number of aliphatic hydroxyl groups is 1. The number of phenolic OH excluding ortho intramolecular Hbond substituents is 1. The van der Waals surface area contributed by atoms with E-state index >= 15 is 0 Å². The van der Waals surface area contributed by atoms with E-state index in [0.29, 0.717) is 23.0 Å². The van der Waals surface area contributed by atoms with Gasteiger partial charge in [0.1, 0.15) is 5.75 Å². The number of aliphatic hydroxyl groups excluding tert-OH is 1. The van der Waals surface area contributed by atoms with Crippen LogP contribution in [-0.2, 0) is 6.42 Å². The second kappa shape index (κ2) is 4.53. The van der Waals surface area contributed by atoms with Gasteiger partial charge in [0.2, 0.25) is 0 Å². The van der Waals surface area contributed by atoms with E-state index in [1.54, 1.807) is 0 Å². The Morgan fingerprint density at radius 3 is 2.61 bits per heavy atom. The van der Waals surface area contributed by atoms with E-state index in [1.807, 2.05) is 12.1 Å². The first-order valence-electron chi connectivity index (χ1n) is 9.55. The molecule has 0 saturated heterocycles. The Labute approximate surface area is 138 Å². The van der Waals surface area contributed by atoms with Crippen molar-refractivity contribution in [3.8, 4) is 5.75 Å². The number of hydrogen-bond acceptors (Lipinski definition) is 2. The highest BCUT2D eigenvalue weighted by atomic mass is 16.3. The summed E-state index contributed by atoms with van der Waals surface area (Å²) in [7, 11) is 0. The first-order chi connectivity index (χ1) is 11.1. The van der Waals surface area contributed by atoms with Crippen LogP contribution in [0.25, 0.3) is 0 Å². The van der Waals surface area contributed by atoms with Crippen molar-refractivity contribution in [3.05, 3.63) is 29.3 Å². The Hall–Kier alpha value is -1.02. The first kappa shape index (κ1) is 14.3. The number of rotatable bonds is 0. The number of aryl methyl sites for hydroxylation is 1. The molecule has 6 rings (SSSR count). The number of benzene rings is 1. The van der Waals surface area contributed by atoms with Gasteiger partial charge in [-0.25, -0.2) is 0 Å². The van der Waals surface area contributed by atoms with Crippen molar-refractivity contribution in [2.24, 2.45) is 22.7 Å². The number of fused-ring (bicyclic) bond motifs is 5. The molecule has 1 aromatic rings. The van der Waals surface area contributed by atoms with Crippen LogP contribution in [0.3, 0.4) is 0 Å². The highest BCUT2D eigenvalue weighted by Gasteiger charge is 2.66. The minimum Gasteiger partial charge on any atom is -0.508 e. The van der Waals surface area contributed by atoms with E-state index in [0.717, 1.165) is 12.3 Å². The van der Waals surface area contributed by atoms with Crippen molar-refractivity contribution in [2.45, 2.75) is 70.3 Å². The molecule has 0 unspecified atom stereocenters. The van der Waals surface area contributed by atoms with Gasteiger partial charge in [-0.05, 0) is 103 Å². The van der Waals surface area contributed by atoms with Crippen LogP contribution in [0.4, 0.5) is 0 Å². The van der Waals surface area contributed by atoms with Gasteiger partial charge in [0.05, 0.1) is 6.10 Å². The second-order valence-corrected chi connectivity index (χ2v) is 9.03. The first-order valence-corrected chi connectivity index (χ1v) is 9.55. The van der Waals surface area contributed by atoms with Gasteiger partial charge in [-0.1, -0.05) is 13.0 Å². The van der Waals surface area contributed by atoms with Gasteiger partial charge >= 0.3 is 0 Å². The van der Waals surface area contributed by atoms with Crippen LogP contribution in [0.2, 0.25) is 0 Å². The van der Waals surface area contributed by atoms with Crippen LogP contribution in [-0.4, -0.2) is 16.3 Å². The molecule has 124 valence electrons. The molecule has 0 heterocycles. The summed E-state index contributed by atoms with van der Waals surface area (Å²) in [4.78, 5) is 0. The maximum Gasteiger partial charge on any atom is 0.115 e. The quantitative estimate of drug-likeness (QED) is 0.746. The molecule has 4 saturated carbocycles. The standard InChI is InChI=1S/C21H28O2/c1-20-9-8-17-16-4-3-15(22)12-14(16)2-5-18(17)21(20)10-6-13(7-11-21)19(20)23/h3-4,12-13,17-19,22-23H,2,5-11H2,1H3/t13?,17-,18-,19-,20-,21?/m1/s1.